The Morgan fingerprint density at radius 1 is 1.24 bits per heavy atom. The first-order chi connectivity index (χ1) is 13.5. The quantitative estimate of drug-likeness (QED) is 0.307. The number of aliphatic hydroxyl groups excluding tert-OH is 5. The highest BCUT2D eigenvalue weighted by Crippen LogP contribution is 2.39. The molecule has 0 bridgehead atoms. The second kappa shape index (κ2) is 9.11. The molecule has 9 nitrogen and oxygen atoms in total. The van der Waals surface area contributed by atoms with Crippen molar-refractivity contribution < 1.29 is 44.9 Å². The number of hydrogen-bond donors (Lipinski definition) is 6. The second-order valence-electron chi connectivity index (χ2n) is 8.01. The van der Waals surface area contributed by atoms with Gasteiger partial charge in [-0.25, -0.2) is 0 Å². The Morgan fingerprint density at radius 2 is 1.90 bits per heavy atom. The molecule has 8 atom stereocenters. The zero-order valence-corrected chi connectivity index (χ0v) is 16.9. The van der Waals surface area contributed by atoms with Gasteiger partial charge in [-0.2, -0.15) is 0 Å². The second-order valence-corrected chi connectivity index (χ2v) is 8.01. The fourth-order valence-corrected chi connectivity index (χ4v) is 3.83. The first-order valence-electron chi connectivity index (χ1n) is 9.88. The van der Waals surface area contributed by atoms with Crippen LogP contribution in [0.1, 0.15) is 40.0 Å². The van der Waals surface area contributed by atoms with Gasteiger partial charge in [0.25, 0.3) is 0 Å². The Labute approximate surface area is 169 Å². The Bertz CT molecular complexity index is 646. The van der Waals surface area contributed by atoms with Crippen LogP contribution in [-0.2, 0) is 14.3 Å². The molecular formula is C20H32O9. The molecule has 0 aromatic carbocycles. The van der Waals surface area contributed by atoms with Crippen LogP contribution in [0.3, 0.4) is 0 Å². The average molecular weight is 416 g/mol. The molecule has 1 aliphatic carbocycles. The van der Waals surface area contributed by atoms with Crippen LogP contribution >= 0.6 is 0 Å². The number of aliphatic hydroxyl groups is 6. The fourth-order valence-electron chi connectivity index (χ4n) is 3.83. The van der Waals surface area contributed by atoms with Crippen LogP contribution in [-0.4, -0.2) is 84.9 Å². The van der Waals surface area contributed by atoms with E-state index in [2.05, 4.69) is 0 Å². The zero-order chi connectivity index (χ0) is 22.0. The summed E-state index contributed by atoms with van der Waals surface area (Å²) in [6.07, 6.45) is -2.73. The van der Waals surface area contributed by atoms with Crippen LogP contribution in [0.2, 0.25) is 0 Å². The van der Waals surface area contributed by atoms with Gasteiger partial charge in [-0.1, -0.05) is 20.3 Å². The lowest BCUT2D eigenvalue weighted by Crippen LogP contribution is -2.67. The van der Waals surface area contributed by atoms with Gasteiger partial charge in [0, 0.05) is 0 Å². The molecule has 166 valence electrons. The van der Waals surface area contributed by atoms with Crippen molar-refractivity contribution in [2.24, 2.45) is 5.92 Å². The number of hydrogen-bond acceptors (Lipinski definition) is 9. The van der Waals surface area contributed by atoms with Crippen molar-refractivity contribution in [1.29, 1.82) is 0 Å². The summed E-state index contributed by atoms with van der Waals surface area (Å²) >= 11 is 0. The third-order valence-corrected chi connectivity index (χ3v) is 5.83. The molecule has 0 amide bonds. The van der Waals surface area contributed by atoms with E-state index in [1.165, 1.54) is 0 Å². The molecule has 1 aliphatic heterocycles. The molecule has 29 heavy (non-hydrogen) atoms. The lowest BCUT2D eigenvalue weighted by molar-refractivity contribution is -0.268. The molecule has 1 fully saturated rings. The summed E-state index contributed by atoms with van der Waals surface area (Å²) in [5, 5.41) is 61.1. The summed E-state index contributed by atoms with van der Waals surface area (Å²) in [5.41, 5.74) is -2.98. The minimum atomic E-state index is -2.20. The Kier molecular flexibility index (Phi) is 7.47. The summed E-state index contributed by atoms with van der Waals surface area (Å²) in [5.74, 6) is -2.57. The van der Waals surface area contributed by atoms with Crippen LogP contribution in [0.15, 0.2) is 24.0 Å². The highest BCUT2D eigenvalue weighted by atomic mass is 16.6. The number of carbonyl (C=O) groups is 1. The molecule has 1 heterocycles. The smallest absolute Gasteiger partial charge is 0.316 e. The highest BCUT2D eigenvalue weighted by Gasteiger charge is 2.57. The van der Waals surface area contributed by atoms with Gasteiger partial charge in [0.1, 0.15) is 53.4 Å². The lowest BCUT2D eigenvalue weighted by Gasteiger charge is -2.48. The van der Waals surface area contributed by atoms with Crippen molar-refractivity contribution in [2.75, 3.05) is 6.61 Å². The van der Waals surface area contributed by atoms with E-state index in [4.69, 9.17) is 9.47 Å². The maximum absolute atomic E-state index is 13.0. The maximum Gasteiger partial charge on any atom is 0.316 e. The van der Waals surface area contributed by atoms with E-state index in [0.717, 1.165) is 24.6 Å². The normalized spacial score (nSPS) is 39.5. The molecule has 1 saturated heterocycles. The minimum Gasteiger partial charge on any atom is -0.508 e. The predicted octanol–water partition coefficient (Wildman–Crippen LogP) is -0.300. The number of esters is 1. The topological polar surface area (TPSA) is 157 Å². The van der Waals surface area contributed by atoms with Crippen LogP contribution < -0.4 is 0 Å². The molecule has 0 spiro atoms. The van der Waals surface area contributed by atoms with E-state index in [1.54, 1.807) is 6.92 Å². The van der Waals surface area contributed by atoms with E-state index in [9.17, 15) is 35.4 Å². The van der Waals surface area contributed by atoms with Gasteiger partial charge in [0.05, 0.1) is 6.61 Å². The summed E-state index contributed by atoms with van der Waals surface area (Å²) in [7, 11) is 0. The van der Waals surface area contributed by atoms with Gasteiger partial charge in [0.2, 0.25) is 0 Å². The molecule has 9 heteroatoms. The Morgan fingerprint density at radius 3 is 2.45 bits per heavy atom. The predicted molar refractivity (Wildman–Crippen MR) is 102 cm³/mol. The maximum atomic E-state index is 13.0. The van der Waals surface area contributed by atoms with Crippen LogP contribution in [0.4, 0.5) is 0 Å². The standard InChI is InChI=1S/C20H32O9/c1-4-7-19(3,5-2)29-18(26)12-9-11(22)6-8-20(12,27)17-16(25)15(24)14(23)13(10-21)28-17/h6,8-9,12-17,21-25,27H,4-5,7,10H2,1-3H3/t12?,13-,14-,15+,16-,17-,19?,20?/m1/s1. The average Bonchev–Trinajstić information content (AvgIpc) is 2.68. The Balaban J connectivity index is 2.37. The van der Waals surface area contributed by atoms with Gasteiger partial charge >= 0.3 is 5.97 Å². The molecule has 3 unspecified atom stereocenters. The van der Waals surface area contributed by atoms with E-state index >= 15 is 0 Å². The number of carbonyl (C=O) groups excluding carboxylic acids is 1. The van der Waals surface area contributed by atoms with Gasteiger partial charge in [-0.15, -0.1) is 0 Å². The molecule has 0 saturated carbocycles. The molecule has 2 aliphatic rings. The van der Waals surface area contributed by atoms with Crippen molar-refractivity contribution >= 4 is 5.97 Å². The lowest BCUT2D eigenvalue weighted by atomic mass is 9.74. The highest BCUT2D eigenvalue weighted by molar-refractivity contribution is 5.78. The van der Waals surface area contributed by atoms with Crippen LogP contribution in [0, 0.1) is 5.92 Å². The van der Waals surface area contributed by atoms with Crippen molar-refractivity contribution in [2.45, 2.75) is 81.8 Å². The third-order valence-electron chi connectivity index (χ3n) is 5.83. The van der Waals surface area contributed by atoms with E-state index in [-0.39, 0.29) is 5.76 Å². The first kappa shape index (κ1) is 23.8. The van der Waals surface area contributed by atoms with E-state index in [0.29, 0.717) is 12.8 Å². The third kappa shape index (κ3) is 4.65. The van der Waals surface area contributed by atoms with E-state index in [1.807, 2.05) is 13.8 Å². The largest absolute Gasteiger partial charge is 0.508 e. The zero-order valence-electron chi connectivity index (χ0n) is 16.9. The molecule has 2 rings (SSSR count). The molecule has 0 aromatic rings. The van der Waals surface area contributed by atoms with Gasteiger partial charge in [-0.3, -0.25) is 4.79 Å². The number of rotatable bonds is 7. The summed E-state index contributed by atoms with van der Waals surface area (Å²) < 4.78 is 11.1. The van der Waals surface area contributed by atoms with Crippen molar-refractivity contribution in [1.82, 2.24) is 0 Å². The SMILES string of the molecule is CCCC(C)(CC)OC(=O)C1C=C(O)C=CC1(O)[C@@H]1O[C@H](CO)[C@@H](O)[C@H](O)[C@H]1O. The monoisotopic (exact) mass is 416 g/mol. The Hall–Kier alpha value is -1.49. The summed E-state index contributed by atoms with van der Waals surface area (Å²) in [4.78, 5) is 13.0. The van der Waals surface area contributed by atoms with Gasteiger partial charge in [-0.05, 0) is 38.0 Å². The molecule has 0 radical (unpaired) electrons. The first-order valence-corrected chi connectivity index (χ1v) is 9.88. The van der Waals surface area contributed by atoms with Gasteiger partial charge < -0.3 is 40.1 Å². The van der Waals surface area contributed by atoms with Crippen LogP contribution in [0.5, 0.6) is 0 Å². The fraction of sp³-hybridized carbons (Fsp3) is 0.750. The minimum absolute atomic E-state index is 0.282. The number of allylic oxidation sites excluding steroid dienone is 1. The van der Waals surface area contributed by atoms with Crippen molar-refractivity contribution in [3.63, 3.8) is 0 Å². The molecule has 0 aromatic heterocycles. The van der Waals surface area contributed by atoms with Crippen molar-refractivity contribution in [3.05, 3.63) is 24.0 Å². The van der Waals surface area contributed by atoms with Gasteiger partial charge in [0.15, 0.2) is 0 Å². The summed E-state index contributed by atoms with van der Waals surface area (Å²) in [6, 6.07) is 0. The molecular weight excluding hydrogens is 384 g/mol. The number of ether oxygens (including phenoxy) is 2. The molecule has 6 N–H and O–H groups in total. The van der Waals surface area contributed by atoms with E-state index < -0.39 is 60.2 Å². The van der Waals surface area contributed by atoms with Crippen molar-refractivity contribution in [3.8, 4) is 0 Å². The summed E-state index contributed by atoms with van der Waals surface area (Å²) in [6.45, 7) is 4.90. The van der Waals surface area contributed by atoms with Crippen LogP contribution in [0.25, 0.3) is 0 Å².